The third-order valence-electron chi connectivity index (χ3n) is 1.31. The van der Waals surface area contributed by atoms with Gasteiger partial charge in [0.05, 0.1) is 11.9 Å². The Morgan fingerprint density at radius 1 is 1.50 bits per heavy atom. The molecule has 0 unspecified atom stereocenters. The minimum Gasteiger partial charge on any atom is -0.254 e. The number of alkyl halides is 1. The molecule has 1 nitrogen and oxygen atoms in total. The first kappa shape index (κ1) is 9.20. The molecule has 0 radical (unpaired) electrons. The molecule has 64 valence electrons. The van der Waals surface area contributed by atoms with Gasteiger partial charge < -0.3 is 0 Å². The highest BCUT2D eigenvalue weighted by atomic mass is 35.5. The summed E-state index contributed by atoms with van der Waals surface area (Å²) in [5.41, 5.74) is 0.751. The van der Waals surface area contributed by atoms with Crippen molar-refractivity contribution in [3.8, 4) is 0 Å². The van der Waals surface area contributed by atoms with Crippen LogP contribution in [0, 0.1) is 5.82 Å². The monoisotopic (exact) mass is 185 g/mol. The molecule has 0 atom stereocenters. The van der Waals surface area contributed by atoms with Gasteiger partial charge in [0.2, 0.25) is 0 Å². The minimum atomic E-state index is -0.315. The van der Waals surface area contributed by atoms with Crippen molar-refractivity contribution < 1.29 is 4.39 Å². The van der Waals surface area contributed by atoms with Gasteiger partial charge in [-0.2, -0.15) is 0 Å². The van der Waals surface area contributed by atoms with Crippen molar-refractivity contribution in [3.63, 3.8) is 0 Å². The van der Waals surface area contributed by atoms with Crippen molar-refractivity contribution in [1.82, 2.24) is 4.98 Å². The maximum Gasteiger partial charge on any atom is 0.141 e. The fourth-order valence-electron chi connectivity index (χ4n) is 0.753. The Bertz CT molecular complexity index is 256. The Morgan fingerprint density at radius 2 is 2.33 bits per heavy atom. The van der Waals surface area contributed by atoms with E-state index in [9.17, 15) is 4.39 Å². The number of hydrogen-bond donors (Lipinski definition) is 0. The average molecular weight is 186 g/mol. The van der Waals surface area contributed by atoms with Gasteiger partial charge in [-0.05, 0) is 24.6 Å². The van der Waals surface area contributed by atoms with Gasteiger partial charge in [-0.25, -0.2) is 4.39 Å². The van der Waals surface area contributed by atoms with Crippen LogP contribution in [0.3, 0.4) is 0 Å². The first-order valence-corrected chi connectivity index (χ1v) is 4.20. The normalized spacial score (nSPS) is 10.8. The smallest absolute Gasteiger partial charge is 0.141 e. The average Bonchev–Trinajstić information content (AvgIpc) is 2.09. The summed E-state index contributed by atoms with van der Waals surface area (Å²) in [4.78, 5) is 3.85. The summed E-state index contributed by atoms with van der Waals surface area (Å²) in [5, 5.41) is 0. The van der Waals surface area contributed by atoms with Crippen LogP contribution in [0.5, 0.6) is 0 Å². The number of hydrogen-bond acceptors (Lipinski definition) is 1. The highest BCUT2D eigenvalue weighted by Gasteiger charge is 1.88. The summed E-state index contributed by atoms with van der Waals surface area (Å²) < 4.78 is 12.4. The summed E-state index contributed by atoms with van der Waals surface area (Å²) in [6.07, 6.45) is 5.73. The van der Waals surface area contributed by atoms with Gasteiger partial charge in [0.25, 0.3) is 0 Å². The SMILES string of the molecule is Fc1ccc(C=CCCCl)nc1. The number of rotatable bonds is 3. The van der Waals surface area contributed by atoms with E-state index in [1.165, 1.54) is 12.3 Å². The summed E-state index contributed by atoms with van der Waals surface area (Å²) >= 11 is 5.46. The van der Waals surface area contributed by atoms with Crippen LogP contribution in [0.25, 0.3) is 6.08 Å². The lowest BCUT2D eigenvalue weighted by Crippen LogP contribution is -1.81. The van der Waals surface area contributed by atoms with Gasteiger partial charge in [0.15, 0.2) is 0 Å². The maximum atomic E-state index is 12.4. The Labute approximate surface area is 75.9 Å². The van der Waals surface area contributed by atoms with E-state index in [0.717, 1.165) is 12.1 Å². The molecule has 1 rings (SSSR count). The van der Waals surface area contributed by atoms with Crippen LogP contribution < -0.4 is 0 Å². The highest BCUT2D eigenvalue weighted by Crippen LogP contribution is 2.01. The van der Waals surface area contributed by atoms with Crippen LogP contribution in [0.1, 0.15) is 12.1 Å². The molecule has 1 aromatic heterocycles. The summed E-state index contributed by atoms with van der Waals surface area (Å²) in [5.74, 6) is 0.280. The van der Waals surface area contributed by atoms with Gasteiger partial charge in [0, 0.05) is 5.88 Å². The first-order valence-electron chi connectivity index (χ1n) is 3.67. The van der Waals surface area contributed by atoms with E-state index in [4.69, 9.17) is 11.6 Å². The molecule has 0 aliphatic rings. The molecular weight excluding hydrogens is 177 g/mol. The Kier molecular flexibility index (Phi) is 3.74. The fraction of sp³-hybridized carbons (Fsp3) is 0.222. The molecule has 1 heterocycles. The van der Waals surface area contributed by atoms with Gasteiger partial charge >= 0.3 is 0 Å². The van der Waals surface area contributed by atoms with Crippen molar-refractivity contribution >= 4 is 17.7 Å². The second-order valence-corrected chi connectivity index (χ2v) is 2.66. The minimum absolute atomic E-state index is 0.315. The molecular formula is C9H9ClFN. The Hall–Kier alpha value is -0.890. The zero-order valence-electron chi connectivity index (χ0n) is 6.50. The molecule has 3 heteroatoms. The number of nitrogens with zero attached hydrogens (tertiary/aromatic N) is 1. The van der Waals surface area contributed by atoms with Crippen LogP contribution in [0.2, 0.25) is 0 Å². The number of pyridine rings is 1. The molecule has 0 bridgehead atoms. The second kappa shape index (κ2) is 4.88. The van der Waals surface area contributed by atoms with Crippen molar-refractivity contribution in [1.29, 1.82) is 0 Å². The fourth-order valence-corrected chi connectivity index (χ4v) is 0.879. The van der Waals surface area contributed by atoms with E-state index in [1.54, 1.807) is 6.07 Å². The molecule has 12 heavy (non-hydrogen) atoms. The predicted molar refractivity (Wildman–Crippen MR) is 48.6 cm³/mol. The molecule has 0 spiro atoms. The second-order valence-electron chi connectivity index (χ2n) is 2.28. The van der Waals surface area contributed by atoms with E-state index >= 15 is 0 Å². The Balaban J connectivity index is 2.58. The standard InChI is InChI=1S/C9H9ClFN/c10-6-2-1-3-9-5-4-8(11)7-12-9/h1,3-5,7H,2,6H2. The quantitative estimate of drug-likeness (QED) is 0.660. The highest BCUT2D eigenvalue weighted by molar-refractivity contribution is 6.17. The van der Waals surface area contributed by atoms with Gasteiger partial charge in [-0.1, -0.05) is 6.08 Å². The van der Waals surface area contributed by atoms with Crippen LogP contribution in [-0.2, 0) is 0 Å². The van der Waals surface area contributed by atoms with Crippen molar-refractivity contribution in [2.45, 2.75) is 6.42 Å². The molecule has 0 aliphatic heterocycles. The van der Waals surface area contributed by atoms with Crippen molar-refractivity contribution in [2.24, 2.45) is 0 Å². The summed E-state index contributed by atoms with van der Waals surface area (Å²) in [6, 6.07) is 3.01. The van der Waals surface area contributed by atoms with E-state index in [1.807, 2.05) is 12.2 Å². The molecule has 0 amide bonds. The molecule has 0 saturated carbocycles. The molecule has 1 aromatic rings. The lowest BCUT2D eigenvalue weighted by Gasteiger charge is -1.90. The van der Waals surface area contributed by atoms with Crippen LogP contribution in [0.4, 0.5) is 4.39 Å². The maximum absolute atomic E-state index is 12.4. The van der Waals surface area contributed by atoms with E-state index < -0.39 is 0 Å². The zero-order chi connectivity index (χ0) is 8.81. The topological polar surface area (TPSA) is 12.9 Å². The molecule has 0 N–H and O–H groups in total. The zero-order valence-corrected chi connectivity index (χ0v) is 7.26. The summed E-state index contributed by atoms with van der Waals surface area (Å²) in [7, 11) is 0. The largest absolute Gasteiger partial charge is 0.254 e. The van der Waals surface area contributed by atoms with Crippen LogP contribution >= 0.6 is 11.6 Å². The van der Waals surface area contributed by atoms with E-state index in [0.29, 0.717) is 5.88 Å². The molecule has 0 aromatic carbocycles. The number of allylic oxidation sites excluding steroid dienone is 1. The van der Waals surface area contributed by atoms with E-state index in [-0.39, 0.29) is 5.82 Å². The van der Waals surface area contributed by atoms with Crippen LogP contribution in [-0.4, -0.2) is 10.9 Å². The van der Waals surface area contributed by atoms with Gasteiger partial charge in [-0.3, -0.25) is 4.98 Å². The van der Waals surface area contributed by atoms with Crippen LogP contribution in [0.15, 0.2) is 24.4 Å². The molecule has 0 fully saturated rings. The molecule has 0 aliphatic carbocycles. The third-order valence-corrected chi connectivity index (χ3v) is 1.53. The number of halogens is 2. The van der Waals surface area contributed by atoms with Gasteiger partial charge in [-0.15, -0.1) is 11.6 Å². The number of aromatic nitrogens is 1. The van der Waals surface area contributed by atoms with Gasteiger partial charge in [0.1, 0.15) is 5.82 Å². The third kappa shape index (κ3) is 3.01. The predicted octanol–water partition coefficient (Wildman–Crippen LogP) is 2.86. The molecule has 0 saturated heterocycles. The van der Waals surface area contributed by atoms with E-state index in [2.05, 4.69) is 4.98 Å². The summed E-state index contributed by atoms with van der Waals surface area (Å²) in [6.45, 7) is 0. The van der Waals surface area contributed by atoms with Crippen molar-refractivity contribution in [3.05, 3.63) is 35.9 Å². The lowest BCUT2D eigenvalue weighted by molar-refractivity contribution is 0.621. The first-order chi connectivity index (χ1) is 5.83. The van der Waals surface area contributed by atoms with Crippen molar-refractivity contribution in [2.75, 3.05) is 5.88 Å². The lowest BCUT2D eigenvalue weighted by atomic mass is 10.3. The Morgan fingerprint density at radius 3 is 2.92 bits per heavy atom.